The first-order chi connectivity index (χ1) is 24.4. The van der Waals surface area contributed by atoms with Crippen LogP contribution in [0.4, 0.5) is 0 Å². The summed E-state index contributed by atoms with van der Waals surface area (Å²) < 4.78 is 31.8. The Morgan fingerprint density at radius 2 is 1.00 bits per heavy atom. The molecule has 0 atom stereocenters. The van der Waals surface area contributed by atoms with Gasteiger partial charge in [-0.05, 0) is 115 Å². The minimum absolute atomic E-state index is 0. The van der Waals surface area contributed by atoms with Gasteiger partial charge in [-0.25, -0.2) is 0 Å². The van der Waals surface area contributed by atoms with E-state index in [0.29, 0.717) is 6.42 Å². The van der Waals surface area contributed by atoms with E-state index in [1.807, 2.05) is 6.07 Å². The molecule has 0 radical (unpaired) electrons. The summed E-state index contributed by atoms with van der Waals surface area (Å²) in [7, 11) is 10.0. The molecule has 3 aromatic carbocycles. The monoisotopic (exact) mass is 725 g/mol. The van der Waals surface area contributed by atoms with E-state index in [9.17, 15) is 0 Å². The van der Waals surface area contributed by atoms with E-state index >= 15 is 0 Å². The zero-order valence-electron chi connectivity index (χ0n) is 31.1. The van der Waals surface area contributed by atoms with Crippen LogP contribution >= 0.6 is 12.4 Å². The highest BCUT2D eigenvalue weighted by atomic mass is 35.5. The van der Waals surface area contributed by atoms with Crippen molar-refractivity contribution in [2.24, 2.45) is 5.73 Å². The van der Waals surface area contributed by atoms with E-state index in [-0.39, 0.29) is 12.4 Å². The summed E-state index contributed by atoms with van der Waals surface area (Å²) in [5, 5.41) is 12.0. The topological polar surface area (TPSA) is 124 Å². The summed E-state index contributed by atoms with van der Waals surface area (Å²) in [4.78, 5) is 4.75. The van der Waals surface area contributed by atoms with Crippen molar-refractivity contribution < 1.29 is 28.4 Å². The van der Waals surface area contributed by atoms with Crippen molar-refractivity contribution in [3.8, 4) is 40.6 Å². The van der Waals surface area contributed by atoms with Crippen LogP contribution in [0.3, 0.4) is 0 Å². The van der Waals surface area contributed by atoms with Crippen LogP contribution in [0.2, 0.25) is 0 Å². The van der Waals surface area contributed by atoms with Gasteiger partial charge in [0.05, 0.1) is 48.7 Å². The molecule has 3 aromatic rings. The van der Waals surface area contributed by atoms with E-state index in [2.05, 4.69) is 51.5 Å². The predicted molar refractivity (Wildman–Crippen MR) is 203 cm³/mol. The maximum Gasteiger partial charge on any atom is 0.161 e. The number of rotatable bonds is 11. The Labute approximate surface area is 310 Å². The molecule has 0 unspecified atom stereocenters. The normalized spacial score (nSPS) is 14.6. The first kappa shape index (κ1) is 41.5. The Kier molecular flexibility index (Phi) is 17.5. The quantitative estimate of drug-likeness (QED) is 0.273. The SMILES string of the molecule is COc1cc2c(cc1OC)CN(CCC#N)CC2.COc1cc2c(cc1OC)CN(CCCN)CC2.COc1cc2c(cc1OC)CNCC2.Cl. The van der Waals surface area contributed by atoms with Gasteiger partial charge in [0.1, 0.15) is 0 Å². The molecule has 0 saturated carbocycles. The van der Waals surface area contributed by atoms with Crippen molar-refractivity contribution in [2.45, 2.75) is 51.7 Å². The number of nitrogens with one attached hydrogen (secondary N) is 1. The first-order valence-electron chi connectivity index (χ1n) is 17.3. The lowest BCUT2D eigenvalue weighted by Gasteiger charge is -2.29. The molecule has 0 aromatic heterocycles. The summed E-state index contributed by atoms with van der Waals surface area (Å²) in [6.45, 7) is 8.61. The number of hydrogen-bond acceptors (Lipinski definition) is 11. The molecule has 3 aliphatic rings. The van der Waals surface area contributed by atoms with Crippen LogP contribution in [-0.2, 0) is 38.9 Å². The second kappa shape index (κ2) is 21.4. The highest BCUT2D eigenvalue weighted by Crippen LogP contribution is 2.35. The molecule has 3 heterocycles. The molecule has 51 heavy (non-hydrogen) atoms. The van der Waals surface area contributed by atoms with Gasteiger partial charge in [-0.3, -0.25) is 9.80 Å². The van der Waals surface area contributed by atoms with Crippen molar-refractivity contribution in [3.05, 3.63) is 69.8 Å². The number of nitrogens with two attached hydrogens (primary N) is 1. The lowest BCUT2D eigenvalue weighted by Crippen LogP contribution is -2.32. The smallest absolute Gasteiger partial charge is 0.161 e. The van der Waals surface area contributed by atoms with E-state index in [0.717, 1.165) is 119 Å². The van der Waals surface area contributed by atoms with Crippen molar-refractivity contribution in [1.29, 1.82) is 5.26 Å². The number of nitriles is 1. The van der Waals surface area contributed by atoms with Crippen molar-refractivity contribution >= 4 is 12.4 Å². The average molecular weight is 726 g/mol. The van der Waals surface area contributed by atoms with Gasteiger partial charge in [-0.15, -0.1) is 12.4 Å². The molecular weight excluding hydrogens is 670 g/mol. The number of nitrogens with zero attached hydrogens (tertiary/aromatic N) is 3. The van der Waals surface area contributed by atoms with Crippen LogP contribution in [0.25, 0.3) is 0 Å². The van der Waals surface area contributed by atoms with E-state index in [4.69, 9.17) is 39.4 Å². The standard InChI is InChI=1S/C14H22N2O2.C14H18N2O2.C11H15NO2.ClH/c2*1-17-13-8-11-4-7-16(6-3-5-15)10-12(11)9-14(13)18-2;1-13-10-5-8-3-4-12-7-9(8)6-11(10)14-2;/h8-9H,3-7,10,15H2,1-2H3;8-9H,3-4,6-7,10H2,1-2H3;5-6,12H,3-4,7H2,1-2H3;1H. The van der Waals surface area contributed by atoms with Crippen LogP contribution in [0.5, 0.6) is 34.5 Å². The first-order valence-corrected chi connectivity index (χ1v) is 17.3. The molecule has 12 heteroatoms. The Morgan fingerprint density at radius 3 is 1.41 bits per heavy atom. The predicted octanol–water partition coefficient (Wildman–Crippen LogP) is 5.16. The zero-order chi connectivity index (χ0) is 35.9. The number of hydrogen-bond donors (Lipinski definition) is 2. The molecule has 0 aliphatic carbocycles. The number of fused-ring (bicyclic) bond motifs is 3. The van der Waals surface area contributed by atoms with Gasteiger partial charge in [-0.2, -0.15) is 5.26 Å². The molecule has 0 saturated heterocycles. The Morgan fingerprint density at radius 1 is 0.608 bits per heavy atom. The largest absolute Gasteiger partial charge is 0.493 e. The summed E-state index contributed by atoms with van der Waals surface area (Å²) >= 11 is 0. The van der Waals surface area contributed by atoms with Gasteiger partial charge >= 0.3 is 0 Å². The zero-order valence-corrected chi connectivity index (χ0v) is 32.0. The fourth-order valence-corrected chi connectivity index (χ4v) is 6.59. The highest BCUT2D eigenvalue weighted by molar-refractivity contribution is 5.85. The molecule has 0 spiro atoms. The third-order valence-corrected chi connectivity index (χ3v) is 9.40. The van der Waals surface area contributed by atoms with Gasteiger partial charge in [0.15, 0.2) is 34.5 Å². The minimum atomic E-state index is 0. The van der Waals surface area contributed by atoms with Crippen LogP contribution in [0.1, 0.15) is 46.2 Å². The van der Waals surface area contributed by atoms with Crippen molar-refractivity contribution in [2.75, 3.05) is 81.9 Å². The van der Waals surface area contributed by atoms with Crippen molar-refractivity contribution in [1.82, 2.24) is 15.1 Å². The Hall–Kier alpha value is -3.92. The van der Waals surface area contributed by atoms with Crippen molar-refractivity contribution in [3.63, 3.8) is 0 Å². The second-order valence-electron chi connectivity index (χ2n) is 12.5. The van der Waals surface area contributed by atoms with Gasteiger partial charge in [-0.1, -0.05) is 0 Å². The third-order valence-electron chi connectivity index (χ3n) is 9.40. The van der Waals surface area contributed by atoms with Gasteiger partial charge in [0.2, 0.25) is 0 Å². The molecule has 11 nitrogen and oxygen atoms in total. The number of ether oxygens (including phenoxy) is 6. The minimum Gasteiger partial charge on any atom is -0.493 e. The maximum atomic E-state index is 8.63. The van der Waals surface area contributed by atoms with Crippen LogP contribution in [-0.4, -0.2) is 91.7 Å². The van der Waals surface area contributed by atoms with Gasteiger partial charge < -0.3 is 39.5 Å². The van der Waals surface area contributed by atoms with E-state index in [1.54, 1.807) is 42.7 Å². The Balaban J connectivity index is 0.000000206. The van der Waals surface area contributed by atoms with Crippen LogP contribution < -0.4 is 39.5 Å². The molecule has 3 N–H and O–H groups in total. The lowest BCUT2D eigenvalue weighted by molar-refractivity contribution is 0.251. The molecular formula is C39H56ClN5O6. The molecule has 3 aliphatic heterocycles. The average Bonchev–Trinajstić information content (AvgIpc) is 3.17. The highest BCUT2D eigenvalue weighted by Gasteiger charge is 2.20. The summed E-state index contributed by atoms with van der Waals surface area (Å²) in [6, 6.07) is 14.6. The maximum absolute atomic E-state index is 8.63. The molecule has 6 rings (SSSR count). The molecule has 0 bridgehead atoms. The van der Waals surface area contributed by atoms with Crippen LogP contribution in [0, 0.1) is 11.3 Å². The number of halogens is 1. The van der Waals surface area contributed by atoms with E-state index in [1.165, 1.54) is 33.4 Å². The van der Waals surface area contributed by atoms with Gasteiger partial charge in [0.25, 0.3) is 0 Å². The number of methoxy groups -OCH3 is 6. The Bertz CT molecular complexity index is 1540. The van der Waals surface area contributed by atoms with Gasteiger partial charge in [0, 0.05) is 45.7 Å². The summed E-state index contributed by atoms with van der Waals surface area (Å²) in [6.07, 6.45) is 4.78. The summed E-state index contributed by atoms with van der Waals surface area (Å²) in [5.41, 5.74) is 13.5. The lowest BCUT2D eigenvalue weighted by atomic mass is 9.98. The third kappa shape index (κ3) is 11.3. The van der Waals surface area contributed by atoms with E-state index < -0.39 is 0 Å². The van der Waals surface area contributed by atoms with Crippen LogP contribution in [0.15, 0.2) is 36.4 Å². The number of benzene rings is 3. The fraction of sp³-hybridized carbons (Fsp3) is 0.513. The summed E-state index contributed by atoms with van der Waals surface area (Å²) in [5.74, 6) is 4.85. The molecule has 280 valence electrons. The molecule has 0 fully saturated rings. The second-order valence-corrected chi connectivity index (χ2v) is 12.5. The fourth-order valence-electron chi connectivity index (χ4n) is 6.59. The molecule has 0 amide bonds.